The van der Waals surface area contributed by atoms with E-state index in [9.17, 15) is 9.90 Å². The molecule has 1 saturated heterocycles. The van der Waals surface area contributed by atoms with E-state index >= 15 is 0 Å². The number of aliphatic hydroxyl groups excluding tert-OH is 1. The number of methoxy groups -OCH3 is 1. The average Bonchev–Trinajstić information content (AvgIpc) is 3.10. The number of nitrogens with one attached hydrogen (secondary N) is 1. The van der Waals surface area contributed by atoms with Gasteiger partial charge in [-0.2, -0.15) is 0 Å². The molecule has 0 radical (unpaired) electrons. The Labute approximate surface area is 263 Å². The molecule has 0 spiro atoms. The molecule has 4 aromatic rings. The van der Waals surface area contributed by atoms with E-state index in [-0.39, 0.29) is 33.0 Å². The van der Waals surface area contributed by atoms with Gasteiger partial charge >= 0.3 is 6.09 Å². The summed E-state index contributed by atoms with van der Waals surface area (Å²) in [5.74, 6) is 0.666. The normalized spacial score (nSPS) is 21.2. The van der Waals surface area contributed by atoms with Gasteiger partial charge in [-0.1, -0.05) is 109 Å². The van der Waals surface area contributed by atoms with Crippen LogP contribution in [0.5, 0.6) is 5.75 Å². The third kappa shape index (κ3) is 9.13. The Morgan fingerprint density at radius 3 is 1.82 bits per heavy atom. The van der Waals surface area contributed by atoms with Crippen LogP contribution < -0.4 is 10.1 Å². The van der Waals surface area contributed by atoms with Crippen LogP contribution in [-0.4, -0.2) is 55.6 Å². The Morgan fingerprint density at radius 2 is 1.22 bits per heavy atom. The van der Waals surface area contributed by atoms with E-state index in [1.807, 2.05) is 115 Å². The van der Waals surface area contributed by atoms with Gasteiger partial charge in [0.15, 0.2) is 6.29 Å². The Kier molecular flexibility index (Phi) is 11.9. The number of rotatable bonds is 14. The molecule has 9 nitrogen and oxygen atoms in total. The van der Waals surface area contributed by atoms with Crippen molar-refractivity contribution in [3.63, 3.8) is 0 Å². The number of ether oxygens (including phenoxy) is 6. The van der Waals surface area contributed by atoms with Crippen molar-refractivity contribution in [1.82, 2.24) is 5.32 Å². The van der Waals surface area contributed by atoms with E-state index in [4.69, 9.17) is 28.4 Å². The molecule has 0 aliphatic carbocycles. The molecule has 0 saturated carbocycles. The zero-order chi connectivity index (χ0) is 31.3. The van der Waals surface area contributed by atoms with Crippen LogP contribution in [0.1, 0.15) is 22.3 Å². The van der Waals surface area contributed by atoms with Crippen LogP contribution in [0.2, 0.25) is 0 Å². The van der Waals surface area contributed by atoms with Gasteiger partial charge in [0.25, 0.3) is 0 Å². The minimum absolute atomic E-state index is 0.0817. The second-order valence-corrected chi connectivity index (χ2v) is 10.6. The Bertz CT molecular complexity index is 1440. The third-order valence-electron chi connectivity index (χ3n) is 7.49. The van der Waals surface area contributed by atoms with Gasteiger partial charge in [0, 0.05) is 5.56 Å². The summed E-state index contributed by atoms with van der Waals surface area (Å²) in [7, 11) is 1.60. The van der Waals surface area contributed by atoms with E-state index in [0.29, 0.717) is 5.75 Å². The smallest absolute Gasteiger partial charge is 0.407 e. The second kappa shape index (κ2) is 16.7. The molecule has 1 amide bonds. The van der Waals surface area contributed by atoms with Gasteiger partial charge in [-0.15, -0.1) is 0 Å². The minimum atomic E-state index is -0.987. The van der Waals surface area contributed by atoms with Crippen molar-refractivity contribution in [2.75, 3.05) is 13.7 Å². The van der Waals surface area contributed by atoms with Crippen LogP contribution >= 0.6 is 0 Å². The van der Waals surface area contributed by atoms with Gasteiger partial charge in [-0.3, -0.25) is 0 Å². The molecular weight excluding hydrogens is 574 g/mol. The highest BCUT2D eigenvalue weighted by molar-refractivity contribution is 5.67. The highest BCUT2D eigenvalue weighted by atomic mass is 16.7. The number of para-hydroxylation sites is 1. The fourth-order valence-electron chi connectivity index (χ4n) is 5.17. The van der Waals surface area contributed by atoms with Crippen molar-refractivity contribution in [2.24, 2.45) is 0 Å². The number of hydrogen-bond acceptors (Lipinski definition) is 8. The molecule has 1 aliphatic heterocycles. The SMILES string of the molecule is COc1ccccc1CO[C@H]1[C@H](OCc2ccccc2)[C@@H](NC(=O)OCc2ccccc2)[C@@H](OCc2ccccc2)O[C@@H]1CO. The zero-order valence-electron chi connectivity index (χ0n) is 25.2. The van der Waals surface area contributed by atoms with E-state index < -0.39 is 36.7 Å². The van der Waals surface area contributed by atoms with Crippen LogP contribution in [0.15, 0.2) is 115 Å². The highest BCUT2D eigenvalue weighted by Crippen LogP contribution is 2.30. The number of aliphatic hydroxyl groups is 1. The molecule has 1 heterocycles. The standard InChI is InChI=1S/C36H39NO8/c1-40-30-20-12-11-19-29(30)25-42-33-31(21-38)45-35(43-23-27-15-7-3-8-16-27)32(34(33)41-22-26-13-5-2-6-14-26)37-36(39)44-24-28-17-9-4-10-18-28/h2-20,31-35,38H,21-25H2,1H3,(H,37,39)/t31-,32-,33-,34-,35+/m1/s1. The summed E-state index contributed by atoms with van der Waals surface area (Å²) in [5.41, 5.74) is 3.51. The van der Waals surface area contributed by atoms with E-state index in [2.05, 4.69) is 5.32 Å². The summed E-state index contributed by atoms with van der Waals surface area (Å²) in [5, 5.41) is 13.4. The molecular formula is C36H39NO8. The van der Waals surface area contributed by atoms with E-state index in [0.717, 1.165) is 22.3 Å². The lowest BCUT2D eigenvalue weighted by atomic mass is 9.96. The van der Waals surface area contributed by atoms with Crippen LogP contribution in [0.25, 0.3) is 0 Å². The number of hydrogen-bond donors (Lipinski definition) is 2. The number of carbonyl (C=O) groups excluding carboxylic acids is 1. The lowest BCUT2D eigenvalue weighted by Crippen LogP contribution is -2.66. The highest BCUT2D eigenvalue weighted by Gasteiger charge is 2.49. The predicted molar refractivity (Wildman–Crippen MR) is 167 cm³/mol. The summed E-state index contributed by atoms with van der Waals surface area (Å²) in [4.78, 5) is 13.2. The molecule has 1 fully saturated rings. The molecule has 0 unspecified atom stereocenters. The van der Waals surface area contributed by atoms with Gasteiger partial charge in [0.05, 0.1) is 33.5 Å². The lowest BCUT2D eigenvalue weighted by molar-refractivity contribution is -0.290. The number of amides is 1. The predicted octanol–water partition coefficient (Wildman–Crippen LogP) is 5.39. The average molecular weight is 614 g/mol. The topological polar surface area (TPSA) is 105 Å². The molecule has 4 aromatic carbocycles. The lowest BCUT2D eigenvalue weighted by Gasteiger charge is -2.45. The molecule has 0 aromatic heterocycles. The molecule has 1 aliphatic rings. The molecule has 5 atom stereocenters. The first kappa shape index (κ1) is 32.2. The Hall–Kier alpha value is -4.25. The summed E-state index contributed by atoms with van der Waals surface area (Å²) >= 11 is 0. The molecule has 236 valence electrons. The van der Waals surface area contributed by atoms with Crippen molar-refractivity contribution in [1.29, 1.82) is 0 Å². The van der Waals surface area contributed by atoms with Gasteiger partial charge in [0.1, 0.15) is 36.7 Å². The number of benzene rings is 4. The van der Waals surface area contributed by atoms with Crippen molar-refractivity contribution in [3.8, 4) is 5.75 Å². The number of carbonyl (C=O) groups is 1. The largest absolute Gasteiger partial charge is 0.496 e. The summed E-state index contributed by atoms with van der Waals surface area (Å²) in [6, 6.07) is 35.4. The van der Waals surface area contributed by atoms with Crippen molar-refractivity contribution >= 4 is 6.09 Å². The molecule has 5 rings (SSSR count). The van der Waals surface area contributed by atoms with Crippen molar-refractivity contribution in [2.45, 2.75) is 57.1 Å². The maximum atomic E-state index is 13.2. The van der Waals surface area contributed by atoms with E-state index in [1.165, 1.54) is 0 Å². The first-order chi connectivity index (χ1) is 22.1. The summed E-state index contributed by atoms with van der Waals surface area (Å²) in [6.07, 6.45) is -4.06. The molecule has 0 bridgehead atoms. The van der Waals surface area contributed by atoms with Gasteiger partial charge in [-0.25, -0.2) is 4.79 Å². The van der Waals surface area contributed by atoms with Gasteiger partial charge in [-0.05, 0) is 22.8 Å². The molecule has 9 heteroatoms. The monoisotopic (exact) mass is 613 g/mol. The van der Waals surface area contributed by atoms with Crippen molar-refractivity contribution < 1.29 is 38.3 Å². The second-order valence-electron chi connectivity index (χ2n) is 10.6. The fraction of sp³-hybridized carbons (Fsp3) is 0.306. The maximum Gasteiger partial charge on any atom is 0.407 e. The van der Waals surface area contributed by atoms with Crippen LogP contribution in [0.4, 0.5) is 4.79 Å². The quantitative estimate of drug-likeness (QED) is 0.195. The van der Waals surface area contributed by atoms with Gasteiger partial charge < -0.3 is 38.8 Å². The first-order valence-corrected chi connectivity index (χ1v) is 14.9. The minimum Gasteiger partial charge on any atom is -0.496 e. The summed E-state index contributed by atoms with van der Waals surface area (Å²) < 4.78 is 36.6. The van der Waals surface area contributed by atoms with Crippen LogP contribution in [-0.2, 0) is 50.1 Å². The summed E-state index contributed by atoms with van der Waals surface area (Å²) in [6.45, 7) is 0.302. The Morgan fingerprint density at radius 1 is 0.689 bits per heavy atom. The van der Waals surface area contributed by atoms with Gasteiger partial charge in [0.2, 0.25) is 0 Å². The van der Waals surface area contributed by atoms with Crippen LogP contribution in [0, 0.1) is 0 Å². The number of alkyl carbamates (subject to hydrolysis) is 1. The molecule has 2 N–H and O–H groups in total. The van der Waals surface area contributed by atoms with E-state index in [1.54, 1.807) is 7.11 Å². The maximum absolute atomic E-state index is 13.2. The third-order valence-corrected chi connectivity index (χ3v) is 7.49. The zero-order valence-corrected chi connectivity index (χ0v) is 25.2. The fourth-order valence-corrected chi connectivity index (χ4v) is 5.17. The molecule has 45 heavy (non-hydrogen) atoms. The van der Waals surface area contributed by atoms with Crippen LogP contribution in [0.3, 0.4) is 0 Å². The Balaban J connectivity index is 1.41. The van der Waals surface area contributed by atoms with Crippen molar-refractivity contribution in [3.05, 3.63) is 138 Å². The first-order valence-electron chi connectivity index (χ1n) is 14.9.